The van der Waals surface area contributed by atoms with E-state index >= 15 is 0 Å². The molecule has 0 bridgehead atoms. The molecule has 4 heteroatoms. The van der Waals surface area contributed by atoms with Crippen LogP contribution in [0.5, 0.6) is 0 Å². The fourth-order valence-corrected chi connectivity index (χ4v) is 2.40. The van der Waals surface area contributed by atoms with Crippen molar-refractivity contribution in [3.8, 4) is 0 Å². The molecular formula is C15H21NO3. The Hall–Kier alpha value is -1.55. The van der Waals surface area contributed by atoms with Gasteiger partial charge in [0.25, 0.3) is 0 Å². The van der Waals surface area contributed by atoms with Gasteiger partial charge in [-0.15, -0.1) is 0 Å². The van der Waals surface area contributed by atoms with Crippen LogP contribution in [0.25, 0.3) is 0 Å². The zero-order chi connectivity index (χ0) is 14.0. The van der Waals surface area contributed by atoms with E-state index in [1.807, 2.05) is 24.3 Å². The molecule has 2 rings (SSSR count). The van der Waals surface area contributed by atoms with Gasteiger partial charge >= 0.3 is 6.09 Å². The third-order valence-corrected chi connectivity index (χ3v) is 3.72. The predicted molar refractivity (Wildman–Crippen MR) is 73.0 cm³/mol. The average molecular weight is 263 g/mol. The first kappa shape index (κ1) is 13.9. The minimum Gasteiger partial charge on any atom is -0.446 e. The van der Waals surface area contributed by atoms with E-state index in [9.17, 15) is 9.90 Å². The number of hydrogen-bond acceptors (Lipinski definition) is 3. The highest BCUT2D eigenvalue weighted by atomic mass is 16.6. The monoisotopic (exact) mass is 263 g/mol. The maximum atomic E-state index is 11.1. The summed E-state index contributed by atoms with van der Waals surface area (Å²) in [5.41, 5.74) is 1.30. The van der Waals surface area contributed by atoms with Crippen molar-refractivity contribution >= 4 is 6.09 Å². The van der Waals surface area contributed by atoms with Gasteiger partial charge in [-0.1, -0.05) is 38.1 Å². The molecule has 0 radical (unpaired) electrons. The molecule has 0 saturated heterocycles. The Balaban J connectivity index is 1.98. The van der Waals surface area contributed by atoms with Crippen molar-refractivity contribution in [3.05, 3.63) is 35.4 Å². The highest BCUT2D eigenvalue weighted by Gasteiger charge is 2.46. The maximum Gasteiger partial charge on any atom is 0.407 e. The number of carbonyl (C=O) groups is 1. The minimum absolute atomic E-state index is 0.199. The van der Waals surface area contributed by atoms with Gasteiger partial charge in [-0.3, -0.25) is 0 Å². The lowest BCUT2D eigenvalue weighted by molar-refractivity contribution is -0.121. The number of aliphatic hydroxyl groups is 1. The van der Waals surface area contributed by atoms with Crippen LogP contribution >= 0.6 is 0 Å². The van der Waals surface area contributed by atoms with Gasteiger partial charge in [0.15, 0.2) is 0 Å². The Labute approximate surface area is 113 Å². The van der Waals surface area contributed by atoms with Crippen molar-refractivity contribution in [1.29, 1.82) is 0 Å². The highest BCUT2D eigenvalue weighted by molar-refractivity contribution is 5.67. The number of alkyl carbamates (subject to hydrolysis) is 1. The zero-order valence-corrected chi connectivity index (χ0v) is 11.6. The summed E-state index contributed by atoms with van der Waals surface area (Å²) in [6.07, 6.45) is 0.278. The molecule has 19 heavy (non-hydrogen) atoms. The number of ether oxygens (including phenoxy) is 1. The first-order valence-electron chi connectivity index (χ1n) is 6.66. The van der Waals surface area contributed by atoms with E-state index in [0.29, 0.717) is 18.8 Å². The van der Waals surface area contributed by atoms with Crippen molar-refractivity contribution in [1.82, 2.24) is 5.32 Å². The van der Waals surface area contributed by atoms with Crippen LogP contribution in [0.3, 0.4) is 0 Å². The molecule has 0 unspecified atom stereocenters. The van der Waals surface area contributed by atoms with E-state index in [0.717, 1.165) is 5.56 Å². The van der Waals surface area contributed by atoms with Crippen LogP contribution in [0.15, 0.2) is 24.3 Å². The molecule has 1 aromatic carbocycles. The van der Waals surface area contributed by atoms with Crippen LogP contribution < -0.4 is 5.32 Å². The zero-order valence-electron chi connectivity index (χ0n) is 11.6. The normalized spacial score (nSPS) is 25.8. The number of nitrogens with one attached hydrogen (secondary N) is 1. The lowest BCUT2D eigenvalue weighted by atomic mass is 9.72. The topological polar surface area (TPSA) is 58.6 Å². The van der Waals surface area contributed by atoms with Crippen LogP contribution in [-0.2, 0) is 10.3 Å². The van der Waals surface area contributed by atoms with Crippen molar-refractivity contribution in [2.75, 3.05) is 7.05 Å². The number of hydrogen-bond donors (Lipinski definition) is 2. The van der Waals surface area contributed by atoms with Crippen molar-refractivity contribution in [2.24, 2.45) is 0 Å². The summed E-state index contributed by atoms with van der Waals surface area (Å²) in [7, 11) is 1.53. The van der Waals surface area contributed by atoms with Gasteiger partial charge < -0.3 is 15.2 Å². The largest absolute Gasteiger partial charge is 0.446 e. The van der Waals surface area contributed by atoms with Gasteiger partial charge in [0.2, 0.25) is 0 Å². The number of benzene rings is 1. The Bertz CT molecular complexity index is 447. The van der Waals surface area contributed by atoms with Gasteiger partial charge in [-0.25, -0.2) is 4.79 Å². The quantitative estimate of drug-likeness (QED) is 0.881. The van der Waals surface area contributed by atoms with Crippen LogP contribution in [0.1, 0.15) is 43.7 Å². The average Bonchev–Trinajstić information content (AvgIpc) is 2.36. The Morgan fingerprint density at radius 1 is 1.37 bits per heavy atom. The molecule has 0 aliphatic heterocycles. The maximum absolute atomic E-state index is 11.1. The second-order valence-corrected chi connectivity index (χ2v) is 5.49. The molecule has 0 heterocycles. The molecule has 0 spiro atoms. The van der Waals surface area contributed by atoms with E-state index in [1.165, 1.54) is 12.6 Å². The van der Waals surface area contributed by atoms with E-state index in [-0.39, 0.29) is 6.10 Å². The van der Waals surface area contributed by atoms with E-state index in [4.69, 9.17) is 4.74 Å². The molecule has 1 fully saturated rings. The Kier molecular flexibility index (Phi) is 3.80. The number of carbonyl (C=O) groups excluding carboxylic acids is 1. The number of amides is 1. The summed E-state index contributed by atoms with van der Waals surface area (Å²) in [5.74, 6) is 0.481. The summed E-state index contributed by atoms with van der Waals surface area (Å²) in [5, 5.41) is 12.9. The number of rotatable bonds is 3. The van der Waals surface area contributed by atoms with Gasteiger partial charge in [0, 0.05) is 19.9 Å². The van der Waals surface area contributed by atoms with E-state index in [1.54, 1.807) is 0 Å². The van der Waals surface area contributed by atoms with Gasteiger partial charge in [-0.2, -0.15) is 0 Å². The molecule has 2 N–H and O–H groups in total. The summed E-state index contributed by atoms with van der Waals surface area (Å²) in [6.45, 7) is 4.28. The first-order valence-corrected chi connectivity index (χ1v) is 6.66. The Morgan fingerprint density at radius 3 is 2.42 bits per heavy atom. The molecular weight excluding hydrogens is 242 g/mol. The van der Waals surface area contributed by atoms with Gasteiger partial charge in [0.05, 0.1) is 5.60 Å². The molecule has 0 aromatic heterocycles. The molecule has 104 valence electrons. The SMILES string of the molecule is CNC(=O)OC1CC(O)(c2ccc(C(C)C)cc2)C1. The second-order valence-electron chi connectivity index (χ2n) is 5.49. The van der Waals surface area contributed by atoms with Crippen LogP contribution in [0.4, 0.5) is 4.79 Å². The fraction of sp³-hybridized carbons (Fsp3) is 0.533. The summed E-state index contributed by atoms with van der Waals surface area (Å²) in [6, 6.07) is 8.02. The molecule has 0 atom stereocenters. The van der Waals surface area contributed by atoms with Crippen LogP contribution in [0, 0.1) is 0 Å². The standard InChI is InChI=1S/C15H21NO3/c1-10(2)11-4-6-12(7-5-11)15(18)8-13(9-15)19-14(17)16-3/h4-7,10,13,18H,8-9H2,1-3H3,(H,16,17). The minimum atomic E-state index is -0.853. The van der Waals surface area contributed by atoms with E-state index in [2.05, 4.69) is 19.2 Å². The molecule has 1 saturated carbocycles. The van der Waals surface area contributed by atoms with Crippen LogP contribution in [0.2, 0.25) is 0 Å². The Morgan fingerprint density at radius 2 is 1.95 bits per heavy atom. The molecule has 1 aliphatic rings. The van der Waals surface area contributed by atoms with E-state index < -0.39 is 11.7 Å². The molecule has 1 amide bonds. The predicted octanol–water partition coefficient (Wildman–Crippen LogP) is 2.52. The van der Waals surface area contributed by atoms with Crippen molar-refractivity contribution in [3.63, 3.8) is 0 Å². The third kappa shape index (κ3) is 2.89. The first-order chi connectivity index (χ1) is 8.94. The lowest BCUT2D eigenvalue weighted by Gasteiger charge is -2.43. The highest BCUT2D eigenvalue weighted by Crippen LogP contribution is 2.43. The third-order valence-electron chi connectivity index (χ3n) is 3.72. The second kappa shape index (κ2) is 5.21. The molecule has 4 nitrogen and oxygen atoms in total. The van der Waals surface area contributed by atoms with Crippen LogP contribution in [-0.4, -0.2) is 24.4 Å². The smallest absolute Gasteiger partial charge is 0.407 e. The summed E-state index contributed by atoms with van der Waals surface area (Å²) in [4.78, 5) is 11.1. The fourth-order valence-electron chi connectivity index (χ4n) is 2.40. The van der Waals surface area contributed by atoms with Crippen molar-refractivity contribution in [2.45, 2.75) is 44.3 Å². The summed E-state index contributed by atoms with van der Waals surface area (Å²) < 4.78 is 5.10. The molecule has 1 aliphatic carbocycles. The lowest BCUT2D eigenvalue weighted by Crippen LogP contribution is -2.47. The van der Waals surface area contributed by atoms with Crippen molar-refractivity contribution < 1.29 is 14.6 Å². The van der Waals surface area contributed by atoms with Gasteiger partial charge in [0.1, 0.15) is 6.10 Å². The van der Waals surface area contributed by atoms with Gasteiger partial charge in [-0.05, 0) is 17.0 Å². The summed E-state index contributed by atoms with van der Waals surface area (Å²) >= 11 is 0. The molecule has 1 aromatic rings.